The van der Waals surface area contributed by atoms with E-state index in [1.165, 1.54) is 51.4 Å². The van der Waals surface area contributed by atoms with Crippen LogP contribution in [0.2, 0.25) is 0 Å². The van der Waals surface area contributed by atoms with Crippen molar-refractivity contribution in [1.82, 2.24) is 5.32 Å². The lowest BCUT2D eigenvalue weighted by molar-refractivity contribution is -0.0808. The molecule has 2 bridgehead atoms. The van der Waals surface area contributed by atoms with Crippen LogP contribution in [0.3, 0.4) is 0 Å². The molecule has 0 spiro atoms. The maximum atomic E-state index is 10.8. The number of hydrogen-bond donors (Lipinski definition) is 2. The Kier molecular flexibility index (Phi) is 6.79. The quantitative estimate of drug-likeness (QED) is 0.637. The molecule has 0 aromatic heterocycles. The van der Waals surface area contributed by atoms with E-state index in [4.69, 9.17) is 4.74 Å². The normalized spacial score (nSPS) is 33.3. The number of piperidine rings is 1. The molecule has 118 valence electrons. The fourth-order valence-electron chi connectivity index (χ4n) is 3.81. The summed E-state index contributed by atoms with van der Waals surface area (Å²) in [5.41, 5.74) is -0.424. The SMILES string of the molecule is CCCCCCCCCCC1(O)CC2COCC(C1)N2. The van der Waals surface area contributed by atoms with Crippen molar-refractivity contribution in [3.8, 4) is 0 Å². The summed E-state index contributed by atoms with van der Waals surface area (Å²) in [5, 5.41) is 14.3. The van der Waals surface area contributed by atoms with Crippen LogP contribution in [0.15, 0.2) is 0 Å². The maximum absolute atomic E-state index is 10.8. The van der Waals surface area contributed by atoms with E-state index >= 15 is 0 Å². The molecule has 20 heavy (non-hydrogen) atoms. The molecule has 2 N–H and O–H groups in total. The molecule has 2 rings (SSSR count). The first-order valence-corrected chi connectivity index (χ1v) is 8.78. The molecule has 2 atom stereocenters. The fraction of sp³-hybridized carbons (Fsp3) is 1.00. The fourth-order valence-corrected chi connectivity index (χ4v) is 3.81. The van der Waals surface area contributed by atoms with Crippen molar-refractivity contribution in [2.75, 3.05) is 13.2 Å². The van der Waals surface area contributed by atoms with Gasteiger partial charge in [0, 0.05) is 12.1 Å². The summed E-state index contributed by atoms with van der Waals surface area (Å²) in [6.07, 6.45) is 13.4. The van der Waals surface area contributed by atoms with Crippen molar-refractivity contribution < 1.29 is 9.84 Å². The van der Waals surface area contributed by atoms with Crippen molar-refractivity contribution in [2.24, 2.45) is 0 Å². The van der Waals surface area contributed by atoms with Crippen molar-refractivity contribution in [3.63, 3.8) is 0 Å². The molecular formula is C17H33NO2. The van der Waals surface area contributed by atoms with Crippen LogP contribution in [0.25, 0.3) is 0 Å². The van der Waals surface area contributed by atoms with E-state index in [1.54, 1.807) is 0 Å². The molecule has 3 nitrogen and oxygen atoms in total. The van der Waals surface area contributed by atoms with Gasteiger partial charge >= 0.3 is 0 Å². The van der Waals surface area contributed by atoms with Gasteiger partial charge in [-0.05, 0) is 19.3 Å². The zero-order valence-electron chi connectivity index (χ0n) is 13.2. The number of hydrogen-bond acceptors (Lipinski definition) is 3. The Balaban J connectivity index is 1.54. The second-order valence-corrected chi connectivity index (χ2v) is 6.96. The first-order chi connectivity index (χ1) is 9.72. The molecule has 3 heteroatoms. The summed E-state index contributed by atoms with van der Waals surface area (Å²) in [4.78, 5) is 0. The van der Waals surface area contributed by atoms with Gasteiger partial charge in [-0.2, -0.15) is 0 Å². The molecule has 2 aliphatic heterocycles. The van der Waals surface area contributed by atoms with Crippen molar-refractivity contribution in [1.29, 1.82) is 0 Å². The van der Waals surface area contributed by atoms with Gasteiger partial charge in [0.15, 0.2) is 0 Å². The number of ether oxygens (including phenoxy) is 1. The first kappa shape index (κ1) is 16.3. The van der Waals surface area contributed by atoms with Crippen molar-refractivity contribution in [2.45, 2.75) is 95.2 Å². The van der Waals surface area contributed by atoms with Crippen LogP contribution in [0.5, 0.6) is 0 Å². The Labute approximate surface area is 124 Å². The average molecular weight is 283 g/mol. The standard InChI is InChI=1S/C17H33NO2/c1-2-3-4-5-6-7-8-9-10-17(19)11-15-13-20-14-16(12-17)18-15/h15-16,18-19H,2-14H2,1H3. The smallest absolute Gasteiger partial charge is 0.0679 e. The van der Waals surface area contributed by atoms with E-state index in [-0.39, 0.29) is 0 Å². The Morgan fingerprint density at radius 3 is 2.10 bits per heavy atom. The minimum Gasteiger partial charge on any atom is -0.390 e. The zero-order valence-corrected chi connectivity index (χ0v) is 13.2. The van der Waals surface area contributed by atoms with Gasteiger partial charge in [0.25, 0.3) is 0 Å². The molecule has 0 amide bonds. The molecule has 0 saturated carbocycles. The Morgan fingerprint density at radius 1 is 0.950 bits per heavy atom. The Morgan fingerprint density at radius 2 is 1.50 bits per heavy atom. The first-order valence-electron chi connectivity index (χ1n) is 8.78. The van der Waals surface area contributed by atoms with E-state index in [0.717, 1.165) is 32.5 Å². The average Bonchev–Trinajstić information content (AvgIpc) is 2.41. The van der Waals surface area contributed by atoms with Gasteiger partial charge in [-0.25, -0.2) is 0 Å². The molecule has 2 heterocycles. The predicted molar refractivity (Wildman–Crippen MR) is 82.9 cm³/mol. The number of unbranched alkanes of at least 4 members (excludes halogenated alkanes) is 7. The number of fused-ring (bicyclic) bond motifs is 2. The highest BCUT2D eigenvalue weighted by molar-refractivity contribution is 4.97. The lowest BCUT2D eigenvalue weighted by atomic mass is 9.79. The second kappa shape index (κ2) is 8.35. The lowest BCUT2D eigenvalue weighted by Gasteiger charge is -2.45. The van der Waals surface area contributed by atoms with E-state index in [0.29, 0.717) is 12.1 Å². The number of morpholine rings is 1. The van der Waals surface area contributed by atoms with Gasteiger partial charge < -0.3 is 15.2 Å². The van der Waals surface area contributed by atoms with Gasteiger partial charge in [-0.3, -0.25) is 0 Å². The predicted octanol–water partition coefficient (Wildman–Crippen LogP) is 3.40. The minimum atomic E-state index is -0.424. The van der Waals surface area contributed by atoms with E-state index in [2.05, 4.69) is 12.2 Å². The Hall–Kier alpha value is -0.120. The van der Waals surface area contributed by atoms with Crippen LogP contribution in [0, 0.1) is 0 Å². The molecule has 2 saturated heterocycles. The molecular weight excluding hydrogens is 250 g/mol. The highest BCUT2D eigenvalue weighted by Crippen LogP contribution is 2.32. The van der Waals surface area contributed by atoms with Gasteiger partial charge in [-0.15, -0.1) is 0 Å². The minimum absolute atomic E-state index is 0.376. The topological polar surface area (TPSA) is 41.5 Å². The summed E-state index contributed by atoms with van der Waals surface area (Å²) < 4.78 is 5.55. The van der Waals surface area contributed by atoms with Gasteiger partial charge in [-0.1, -0.05) is 58.3 Å². The van der Waals surface area contributed by atoms with Gasteiger partial charge in [0.05, 0.1) is 18.8 Å². The third kappa shape index (κ3) is 5.34. The van der Waals surface area contributed by atoms with E-state index in [9.17, 15) is 5.11 Å². The summed E-state index contributed by atoms with van der Waals surface area (Å²) >= 11 is 0. The van der Waals surface area contributed by atoms with Gasteiger partial charge in [0.2, 0.25) is 0 Å². The molecule has 2 fully saturated rings. The molecule has 0 aromatic rings. The maximum Gasteiger partial charge on any atom is 0.0679 e. The molecule has 2 aliphatic rings. The van der Waals surface area contributed by atoms with Gasteiger partial charge in [0.1, 0.15) is 0 Å². The molecule has 0 aliphatic carbocycles. The highest BCUT2D eigenvalue weighted by atomic mass is 16.5. The lowest BCUT2D eigenvalue weighted by Crippen LogP contribution is -2.59. The van der Waals surface area contributed by atoms with E-state index < -0.39 is 5.60 Å². The molecule has 0 aromatic carbocycles. The van der Waals surface area contributed by atoms with Crippen LogP contribution < -0.4 is 5.32 Å². The summed E-state index contributed by atoms with van der Waals surface area (Å²) in [6, 6.07) is 0.753. The second-order valence-electron chi connectivity index (χ2n) is 6.96. The van der Waals surface area contributed by atoms with E-state index in [1.807, 2.05) is 0 Å². The Bertz CT molecular complexity index is 258. The van der Waals surface area contributed by atoms with Crippen LogP contribution in [-0.4, -0.2) is 36.0 Å². The zero-order chi connectivity index (χ0) is 14.3. The van der Waals surface area contributed by atoms with Crippen molar-refractivity contribution in [3.05, 3.63) is 0 Å². The summed E-state index contributed by atoms with van der Waals surface area (Å²) in [7, 11) is 0. The number of rotatable bonds is 9. The van der Waals surface area contributed by atoms with Crippen molar-refractivity contribution >= 4 is 0 Å². The molecule has 0 radical (unpaired) electrons. The number of aliphatic hydroxyl groups is 1. The third-order valence-corrected chi connectivity index (χ3v) is 4.86. The summed E-state index contributed by atoms with van der Waals surface area (Å²) in [5.74, 6) is 0. The summed E-state index contributed by atoms with van der Waals surface area (Å²) in [6.45, 7) is 3.81. The number of nitrogens with one attached hydrogen (secondary N) is 1. The van der Waals surface area contributed by atoms with Crippen LogP contribution in [0.1, 0.15) is 77.6 Å². The monoisotopic (exact) mass is 283 g/mol. The van der Waals surface area contributed by atoms with Crippen LogP contribution in [0.4, 0.5) is 0 Å². The highest BCUT2D eigenvalue weighted by Gasteiger charge is 2.40. The largest absolute Gasteiger partial charge is 0.390 e. The molecule has 2 unspecified atom stereocenters. The van der Waals surface area contributed by atoms with Crippen LogP contribution >= 0.6 is 0 Å². The van der Waals surface area contributed by atoms with Crippen LogP contribution in [-0.2, 0) is 4.74 Å². The third-order valence-electron chi connectivity index (χ3n) is 4.86.